The molecule has 2 aliphatic heterocycles. The number of aliphatic carboxylic acids is 2. The summed E-state index contributed by atoms with van der Waals surface area (Å²) in [6, 6.07) is 4.39. The maximum absolute atomic E-state index is 13.4. The molecule has 3 aromatic heterocycles. The Morgan fingerprint density at radius 3 is 2.73 bits per heavy atom. The summed E-state index contributed by atoms with van der Waals surface area (Å²) in [7, 11) is 1.22. The molecule has 6 N–H and O–H groups in total. The number of pyridine rings is 1. The molecule has 0 saturated carbocycles. The predicted octanol–water partition coefficient (Wildman–Crippen LogP) is 0.541. The van der Waals surface area contributed by atoms with Gasteiger partial charge in [0.25, 0.3) is 11.8 Å². The number of carboxylic acid groups (broad SMARTS) is 2. The number of halogens is 1. The van der Waals surface area contributed by atoms with Gasteiger partial charge in [0.2, 0.25) is 11.6 Å². The minimum atomic E-state index is -1.43. The standard InChI is InChI=1S/C27H27ClN8O10S2/c1-12(24(39)40)46-32-17(16-20(28)48-26(29)31-16)21(37)30-18-22(38)36-19(25(41)42)13(11-47-23(18)36)10-35-6-3-4-14-15(35)5-7-34(14)8-9-45-33-27(43)44-2/h3-7,12,18,23H,8-11H2,1-2H3,(H5-,29,30,31,33,37,39,40,41,42,43)/p+1/t12-,18+,23+/m0/s1. The van der Waals surface area contributed by atoms with Crippen molar-refractivity contribution in [2.45, 2.75) is 37.5 Å². The van der Waals surface area contributed by atoms with Crippen LogP contribution >= 0.6 is 34.7 Å². The maximum atomic E-state index is 13.4. The highest BCUT2D eigenvalue weighted by Crippen LogP contribution is 2.40. The number of amides is 3. The number of carbonyl (C=O) groups excluding carboxylic acids is 3. The maximum Gasteiger partial charge on any atom is 0.431 e. The van der Waals surface area contributed by atoms with Crippen LogP contribution in [0.4, 0.5) is 9.93 Å². The van der Waals surface area contributed by atoms with E-state index in [0.717, 1.165) is 27.3 Å². The number of nitrogens with zero attached hydrogens (tertiary/aromatic N) is 5. The summed E-state index contributed by atoms with van der Waals surface area (Å²) in [6.45, 7) is 1.90. The molecule has 0 bridgehead atoms. The second-order valence-corrected chi connectivity index (χ2v) is 12.9. The van der Waals surface area contributed by atoms with E-state index in [1.165, 1.54) is 25.8 Å². The lowest BCUT2D eigenvalue weighted by Gasteiger charge is -2.49. The number of oxime groups is 1. The lowest BCUT2D eigenvalue weighted by atomic mass is 10.0. The number of methoxy groups -OCH3 is 1. The Hall–Kier alpha value is -4.92. The lowest BCUT2D eigenvalue weighted by molar-refractivity contribution is -0.663. The zero-order chi connectivity index (χ0) is 34.7. The van der Waals surface area contributed by atoms with Gasteiger partial charge in [-0.2, -0.15) is 10.0 Å². The van der Waals surface area contributed by atoms with Gasteiger partial charge in [-0.05, 0) is 13.0 Å². The van der Waals surface area contributed by atoms with Crippen molar-refractivity contribution in [3.63, 3.8) is 0 Å². The number of hydroxylamine groups is 1. The van der Waals surface area contributed by atoms with Crippen molar-refractivity contribution in [1.29, 1.82) is 0 Å². The van der Waals surface area contributed by atoms with Gasteiger partial charge < -0.3 is 35.4 Å². The Kier molecular flexibility index (Phi) is 10.4. The number of aromatic nitrogens is 3. The second kappa shape index (κ2) is 14.5. The smallest absolute Gasteiger partial charge is 0.431 e. The van der Waals surface area contributed by atoms with E-state index in [9.17, 15) is 29.1 Å². The number of thioether (sulfide) groups is 1. The van der Waals surface area contributed by atoms with Crippen LogP contribution in [0.5, 0.6) is 0 Å². The molecule has 0 aromatic carbocycles. The zero-order valence-electron chi connectivity index (χ0n) is 25.1. The van der Waals surface area contributed by atoms with Gasteiger partial charge in [0.1, 0.15) is 32.7 Å². The van der Waals surface area contributed by atoms with Crippen LogP contribution in [0.3, 0.4) is 0 Å². The quantitative estimate of drug-likeness (QED) is 0.0533. The van der Waals surface area contributed by atoms with Gasteiger partial charge >= 0.3 is 18.0 Å². The largest absolute Gasteiger partial charge is 0.478 e. The van der Waals surface area contributed by atoms with Crippen LogP contribution in [0.15, 0.2) is 47.0 Å². The molecule has 48 heavy (non-hydrogen) atoms. The molecule has 0 radical (unpaired) electrons. The molecule has 3 atom stereocenters. The van der Waals surface area contributed by atoms with Crippen molar-refractivity contribution in [1.82, 2.24) is 25.2 Å². The van der Waals surface area contributed by atoms with Crippen molar-refractivity contribution in [3.05, 3.63) is 51.9 Å². The molecule has 0 aliphatic carbocycles. The number of hydrogen-bond acceptors (Lipinski definition) is 13. The summed E-state index contributed by atoms with van der Waals surface area (Å²) in [4.78, 5) is 76.8. The third kappa shape index (κ3) is 7.00. The van der Waals surface area contributed by atoms with Gasteiger partial charge in [-0.25, -0.2) is 19.4 Å². The Morgan fingerprint density at radius 1 is 1.29 bits per heavy atom. The van der Waals surface area contributed by atoms with Gasteiger partial charge in [-0.1, -0.05) is 28.1 Å². The Labute approximate surface area is 284 Å². The molecule has 254 valence electrons. The summed E-state index contributed by atoms with van der Waals surface area (Å²) >= 11 is 8.28. The van der Waals surface area contributed by atoms with Gasteiger partial charge in [0.15, 0.2) is 23.6 Å². The zero-order valence-corrected chi connectivity index (χ0v) is 27.5. The molecule has 0 unspecified atom stereocenters. The van der Waals surface area contributed by atoms with Crippen LogP contribution in [0.25, 0.3) is 11.0 Å². The fraction of sp³-hybridized carbons (Fsp3) is 0.333. The van der Waals surface area contributed by atoms with Crippen LogP contribution in [0.1, 0.15) is 12.6 Å². The molecule has 1 saturated heterocycles. The van der Waals surface area contributed by atoms with Crippen LogP contribution in [-0.4, -0.2) is 97.2 Å². The van der Waals surface area contributed by atoms with Gasteiger partial charge in [0, 0.05) is 36.2 Å². The summed E-state index contributed by atoms with van der Waals surface area (Å²) in [5, 5.41) is 24.8. The van der Waals surface area contributed by atoms with E-state index in [4.69, 9.17) is 32.1 Å². The molecule has 18 nitrogen and oxygen atoms in total. The van der Waals surface area contributed by atoms with Gasteiger partial charge in [-0.15, -0.1) is 11.8 Å². The third-order valence-corrected chi connectivity index (χ3v) is 9.60. The number of nitrogen functional groups attached to an aromatic ring is 1. The van der Waals surface area contributed by atoms with Crippen LogP contribution < -0.4 is 21.1 Å². The normalized spacial score (nSPS) is 18.2. The first-order valence-electron chi connectivity index (χ1n) is 13.9. The highest BCUT2D eigenvalue weighted by molar-refractivity contribution is 8.00. The van der Waals surface area contributed by atoms with Gasteiger partial charge in [-0.3, -0.25) is 19.3 Å². The number of ether oxygens (including phenoxy) is 1. The Morgan fingerprint density at radius 2 is 2.06 bits per heavy atom. The molecule has 3 aromatic rings. The molecule has 5 rings (SSSR count). The molecule has 3 amide bonds. The highest BCUT2D eigenvalue weighted by atomic mass is 35.5. The number of β-lactam (4-membered cyclic amide) rings is 1. The van der Waals surface area contributed by atoms with Crippen molar-refractivity contribution in [3.8, 4) is 0 Å². The fourth-order valence-corrected chi connectivity index (χ4v) is 7.16. The first-order valence-corrected chi connectivity index (χ1v) is 16.2. The SMILES string of the molecule is COC(=O)NOCCn1ccc2c1ccc[n+]2CC1=C(C(=O)O)N2C(=O)[C@@H](NC(=O)C(=NO[C@@H](C)C(=O)O)c3nc(N)sc3Cl)[C@H]2SC1. The highest BCUT2D eigenvalue weighted by Gasteiger charge is 2.55. The van der Waals surface area contributed by atoms with E-state index in [-0.39, 0.29) is 39.8 Å². The van der Waals surface area contributed by atoms with E-state index in [2.05, 4.69) is 25.7 Å². The molecule has 2 aliphatic rings. The van der Waals surface area contributed by atoms with E-state index < -0.39 is 53.1 Å². The number of carboxylic acids is 2. The number of nitrogens with two attached hydrogens (primary N) is 1. The molecular weight excluding hydrogens is 696 g/mol. The van der Waals surface area contributed by atoms with Crippen molar-refractivity contribution < 1.29 is 53.2 Å². The number of hydrogen-bond donors (Lipinski definition) is 5. The Balaban J connectivity index is 1.33. The monoisotopic (exact) mass is 723 g/mol. The average molecular weight is 724 g/mol. The molecule has 21 heteroatoms. The van der Waals surface area contributed by atoms with Crippen molar-refractivity contribution in [2.75, 3.05) is 25.2 Å². The summed E-state index contributed by atoms with van der Waals surface area (Å²) in [5.41, 5.74) is 9.05. The number of thiazole rings is 1. The third-order valence-electron chi connectivity index (χ3n) is 7.18. The number of anilines is 1. The topological polar surface area (TPSA) is 241 Å². The van der Waals surface area contributed by atoms with Crippen molar-refractivity contribution >= 4 is 86.4 Å². The number of fused-ring (bicyclic) bond motifs is 2. The summed E-state index contributed by atoms with van der Waals surface area (Å²) in [5.74, 6) is -4.05. The first kappa shape index (κ1) is 34.4. The van der Waals surface area contributed by atoms with Crippen molar-refractivity contribution in [2.24, 2.45) is 5.16 Å². The minimum absolute atomic E-state index is 0.00589. The lowest BCUT2D eigenvalue weighted by Crippen LogP contribution is -2.71. The van der Waals surface area contributed by atoms with Gasteiger partial charge in [0.05, 0.1) is 13.7 Å². The minimum Gasteiger partial charge on any atom is -0.478 e. The number of carbonyl (C=O) groups is 5. The average Bonchev–Trinajstić information content (AvgIpc) is 3.63. The number of rotatable bonds is 13. The molecule has 0 spiro atoms. The van der Waals surface area contributed by atoms with Crippen LogP contribution in [0, 0.1) is 0 Å². The van der Waals surface area contributed by atoms with E-state index in [0.29, 0.717) is 12.1 Å². The molecular formula is C27H28ClN8O10S2+. The second-order valence-electron chi connectivity index (χ2n) is 10.2. The summed E-state index contributed by atoms with van der Waals surface area (Å²) < 4.78 is 8.19. The first-order chi connectivity index (χ1) is 22.9. The predicted molar refractivity (Wildman–Crippen MR) is 170 cm³/mol. The van der Waals surface area contributed by atoms with Crippen LogP contribution in [-0.2, 0) is 46.7 Å². The fourth-order valence-electron chi connectivity index (χ4n) is 4.90. The van der Waals surface area contributed by atoms with Crippen LogP contribution in [0.2, 0.25) is 4.34 Å². The molecule has 5 heterocycles. The molecule has 1 fully saturated rings. The van der Waals surface area contributed by atoms with E-state index in [1.807, 2.05) is 27.5 Å². The van der Waals surface area contributed by atoms with E-state index in [1.54, 1.807) is 12.3 Å². The number of nitrogens with one attached hydrogen (secondary N) is 2. The summed E-state index contributed by atoms with van der Waals surface area (Å²) in [6.07, 6.45) is 1.46. The Bertz CT molecular complexity index is 1860. The van der Waals surface area contributed by atoms with E-state index >= 15 is 0 Å².